The van der Waals surface area contributed by atoms with E-state index in [1.807, 2.05) is 37.6 Å². The first kappa shape index (κ1) is 11.7. The summed E-state index contributed by atoms with van der Waals surface area (Å²) in [6, 6.07) is 6.01. The van der Waals surface area contributed by atoms with Crippen LogP contribution in [0.1, 0.15) is 5.56 Å². The van der Waals surface area contributed by atoms with E-state index in [1.165, 1.54) is 0 Å². The zero-order chi connectivity index (χ0) is 11.5. The zero-order valence-electron chi connectivity index (χ0n) is 8.74. The molecule has 2 rings (SSSR count). The van der Waals surface area contributed by atoms with Gasteiger partial charge in [-0.05, 0) is 44.0 Å². The fraction of sp³-hybridized carbons (Fsp3) is 0.182. The monoisotopic (exact) mass is 343 g/mol. The Bertz CT molecular complexity index is 473. The van der Waals surface area contributed by atoms with Crippen LogP contribution in [0.2, 0.25) is 0 Å². The molecule has 2 aromatic rings. The molecule has 1 aromatic heterocycles. The average molecular weight is 345 g/mol. The summed E-state index contributed by atoms with van der Waals surface area (Å²) < 4.78 is 3.89. The van der Waals surface area contributed by atoms with Crippen LogP contribution in [0.4, 0.5) is 5.69 Å². The van der Waals surface area contributed by atoms with E-state index in [9.17, 15) is 0 Å². The van der Waals surface area contributed by atoms with Crippen LogP contribution in [-0.2, 0) is 13.6 Å². The van der Waals surface area contributed by atoms with Crippen molar-refractivity contribution >= 4 is 37.5 Å². The summed E-state index contributed by atoms with van der Waals surface area (Å²) in [7, 11) is 1.91. The lowest BCUT2D eigenvalue weighted by molar-refractivity contribution is 0.767. The van der Waals surface area contributed by atoms with Crippen LogP contribution in [0.15, 0.2) is 39.5 Å². The molecule has 5 heteroatoms. The number of rotatable bonds is 3. The summed E-state index contributed by atoms with van der Waals surface area (Å²) in [5.41, 5.74) is 2.22. The van der Waals surface area contributed by atoms with Crippen molar-refractivity contribution in [2.45, 2.75) is 6.54 Å². The van der Waals surface area contributed by atoms with E-state index in [0.29, 0.717) is 0 Å². The highest BCUT2D eigenvalue weighted by molar-refractivity contribution is 9.11. The Labute approximate surface area is 111 Å². The van der Waals surface area contributed by atoms with Gasteiger partial charge in [0.15, 0.2) is 0 Å². The molecule has 3 nitrogen and oxygen atoms in total. The maximum absolute atomic E-state index is 4.13. The van der Waals surface area contributed by atoms with E-state index in [0.717, 1.165) is 26.7 Å². The number of aromatic nitrogens is 2. The summed E-state index contributed by atoms with van der Waals surface area (Å²) >= 11 is 7.03. The molecule has 0 unspecified atom stereocenters. The number of benzene rings is 1. The second kappa shape index (κ2) is 5.01. The number of anilines is 1. The number of nitrogens with zero attached hydrogens (tertiary/aromatic N) is 2. The molecule has 0 amide bonds. The Morgan fingerprint density at radius 1 is 1.31 bits per heavy atom. The van der Waals surface area contributed by atoms with E-state index in [4.69, 9.17) is 0 Å². The van der Waals surface area contributed by atoms with Gasteiger partial charge in [-0.15, -0.1) is 0 Å². The first-order chi connectivity index (χ1) is 7.66. The van der Waals surface area contributed by atoms with Crippen molar-refractivity contribution in [2.75, 3.05) is 5.32 Å². The summed E-state index contributed by atoms with van der Waals surface area (Å²) in [6.07, 6.45) is 3.86. The molecule has 0 aliphatic rings. The molecule has 0 aliphatic heterocycles. The van der Waals surface area contributed by atoms with Crippen LogP contribution in [0.25, 0.3) is 0 Å². The first-order valence-corrected chi connectivity index (χ1v) is 6.41. The van der Waals surface area contributed by atoms with Crippen molar-refractivity contribution in [3.8, 4) is 0 Å². The largest absolute Gasteiger partial charge is 0.379 e. The van der Waals surface area contributed by atoms with Gasteiger partial charge < -0.3 is 5.32 Å². The van der Waals surface area contributed by atoms with E-state index >= 15 is 0 Å². The Balaban J connectivity index is 2.10. The molecule has 0 spiro atoms. The smallest absolute Gasteiger partial charge is 0.0631 e. The van der Waals surface area contributed by atoms with E-state index in [1.54, 1.807) is 4.68 Å². The molecule has 0 atom stereocenters. The third kappa shape index (κ3) is 2.65. The van der Waals surface area contributed by atoms with Gasteiger partial charge in [-0.1, -0.05) is 6.07 Å². The van der Waals surface area contributed by atoms with Crippen molar-refractivity contribution in [3.05, 3.63) is 45.1 Å². The molecule has 0 saturated carbocycles. The molecule has 84 valence electrons. The highest BCUT2D eigenvalue weighted by Gasteiger charge is 2.04. The molecule has 0 aliphatic carbocycles. The molecule has 0 saturated heterocycles. The van der Waals surface area contributed by atoms with Crippen molar-refractivity contribution in [1.82, 2.24) is 9.78 Å². The van der Waals surface area contributed by atoms with Crippen molar-refractivity contribution in [1.29, 1.82) is 0 Å². The fourth-order valence-corrected chi connectivity index (χ4v) is 2.70. The van der Waals surface area contributed by atoms with Crippen LogP contribution < -0.4 is 5.32 Å². The predicted molar refractivity (Wildman–Crippen MR) is 72.4 cm³/mol. The van der Waals surface area contributed by atoms with Gasteiger partial charge in [0.05, 0.1) is 11.9 Å². The number of halogens is 2. The van der Waals surface area contributed by atoms with Crippen molar-refractivity contribution in [2.24, 2.45) is 7.05 Å². The standard InChI is InChI=1S/C11H11Br2N3/c1-16-7-8(6-15-16)5-14-11-9(12)3-2-4-10(11)13/h2-4,6-7,14H,5H2,1H3. The Hall–Kier alpha value is -0.810. The van der Waals surface area contributed by atoms with E-state index in [2.05, 4.69) is 42.3 Å². The molecular formula is C11H11Br2N3. The highest BCUT2D eigenvalue weighted by Crippen LogP contribution is 2.30. The lowest BCUT2D eigenvalue weighted by atomic mass is 10.3. The van der Waals surface area contributed by atoms with Crippen LogP contribution in [0.3, 0.4) is 0 Å². The lowest BCUT2D eigenvalue weighted by Crippen LogP contribution is -1.99. The summed E-state index contributed by atoms with van der Waals surface area (Å²) in [6.45, 7) is 0.759. The van der Waals surface area contributed by atoms with Gasteiger partial charge in [-0.3, -0.25) is 4.68 Å². The second-order valence-corrected chi connectivity index (χ2v) is 5.18. The minimum absolute atomic E-state index is 0.759. The Kier molecular flexibility index (Phi) is 3.66. The number of aryl methyl sites for hydroxylation is 1. The number of para-hydroxylation sites is 1. The quantitative estimate of drug-likeness (QED) is 0.922. The first-order valence-electron chi connectivity index (χ1n) is 4.82. The second-order valence-electron chi connectivity index (χ2n) is 3.47. The zero-order valence-corrected chi connectivity index (χ0v) is 11.9. The minimum Gasteiger partial charge on any atom is -0.379 e. The molecule has 0 bridgehead atoms. The summed E-state index contributed by atoms with van der Waals surface area (Å²) in [4.78, 5) is 0. The Morgan fingerprint density at radius 3 is 2.56 bits per heavy atom. The van der Waals surface area contributed by atoms with Crippen LogP contribution in [0, 0.1) is 0 Å². The van der Waals surface area contributed by atoms with Crippen LogP contribution in [-0.4, -0.2) is 9.78 Å². The Morgan fingerprint density at radius 2 is 2.00 bits per heavy atom. The molecule has 1 aromatic carbocycles. The van der Waals surface area contributed by atoms with Gasteiger partial charge in [0.1, 0.15) is 0 Å². The molecule has 1 N–H and O–H groups in total. The fourth-order valence-electron chi connectivity index (χ4n) is 1.42. The molecule has 1 heterocycles. The SMILES string of the molecule is Cn1cc(CNc2c(Br)cccc2Br)cn1. The van der Waals surface area contributed by atoms with E-state index in [-0.39, 0.29) is 0 Å². The van der Waals surface area contributed by atoms with Gasteiger partial charge in [-0.25, -0.2) is 0 Å². The number of nitrogens with one attached hydrogen (secondary N) is 1. The maximum Gasteiger partial charge on any atom is 0.0631 e. The van der Waals surface area contributed by atoms with Gasteiger partial charge in [0.25, 0.3) is 0 Å². The topological polar surface area (TPSA) is 29.9 Å². The average Bonchev–Trinajstić information content (AvgIpc) is 2.63. The third-order valence-electron chi connectivity index (χ3n) is 2.19. The molecule has 0 radical (unpaired) electrons. The van der Waals surface area contributed by atoms with Gasteiger partial charge in [0, 0.05) is 34.3 Å². The predicted octanol–water partition coefficient (Wildman–Crippen LogP) is 3.56. The van der Waals surface area contributed by atoms with Gasteiger partial charge >= 0.3 is 0 Å². The van der Waals surface area contributed by atoms with Gasteiger partial charge in [-0.2, -0.15) is 5.10 Å². The van der Waals surface area contributed by atoms with E-state index < -0.39 is 0 Å². The molecule has 0 fully saturated rings. The normalized spacial score (nSPS) is 10.4. The highest BCUT2D eigenvalue weighted by atomic mass is 79.9. The third-order valence-corrected chi connectivity index (χ3v) is 3.51. The molecule has 16 heavy (non-hydrogen) atoms. The number of hydrogen-bond donors (Lipinski definition) is 1. The maximum atomic E-state index is 4.13. The summed E-state index contributed by atoms with van der Waals surface area (Å²) in [5, 5.41) is 7.49. The summed E-state index contributed by atoms with van der Waals surface area (Å²) in [5.74, 6) is 0. The van der Waals surface area contributed by atoms with Gasteiger partial charge in [0.2, 0.25) is 0 Å². The van der Waals surface area contributed by atoms with Crippen LogP contribution in [0.5, 0.6) is 0 Å². The number of hydrogen-bond acceptors (Lipinski definition) is 2. The van der Waals surface area contributed by atoms with Crippen molar-refractivity contribution in [3.63, 3.8) is 0 Å². The molecular weight excluding hydrogens is 334 g/mol. The van der Waals surface area contributed by atoms with Crippen LogP contribution >= 0.6 is 31.9 Å². The minimum atomic E-state index is 0.759. The van der Waals surface area contributed by atoms with Crippen molar-refractivity contribution < 1.29 is 0 Å². The lowest BCUT2D eigenvalue weighted by Gasteiger charge is -2.09.